The first-order valence-electron chi connectivity index (χ1n) is 6.45. The van der Waals surface area contributed by atoms with Crippen LogP contribution in [0.3, 0.4) is 0 Å². The summed E-state index contributed by atoms with van der Waals surface area (Å²) in [6, 6.07) is 10.0. The molecule has 1 fully saturated rings. The number of hydrogen-bond acceptors (Lipinski definition) is 2. The van der Waals surface area contributed by atoms with E-state index in [1.165, 1.54) is 4.90 Å². The average Bonchev–Trinajstić information content (AvgIpc) is 2.47. The monoisotopic (exact) mass is 390 g/mol. The first-order valence-corrected chi connectivity index (χ1v) is 8.28. The van der Waals surface area contributed by atoms with Crippen molar-refractivity contribution in [2.75, 3.05) is 32.8 Å². The standard InChI is InChI=1S/C14H17Br2NO2/c15-13(11-4-2-1-3-5-11)14(16)12(18)10-17-6-8-19-9-7-17/h1-5,13-14H,6-10H2/p+1/t13-,14-/m0/s1. The van der Waals surface area contributed by atoms with Crippen LogP contribution in [0.1, 0.15) is 10.4 Å². The normalized spacial score (nSPS) is 19.9. The molecule has 1 heterocycles. The van der Waals surface area contributed by atoms with Gasteiger partial charge in [-0.1, -0.05) is 62.2 Å². The number of ketones is 1. The lowest BCUT2D eigenvalue weighted by atomic mass is 10.1. The van der Waals surface area contributed by atoms with Crippen molar-refractivity contribution in [1.82, 2.24) is 0 Å². The number of quaternary nitrogens is 1. The quantitative estimate of drug-likeness (QED) is 0.768. The number of rotatable bonds is 5. The first-order chi connectivity index (χ1) is 9.18. The molecule has 0 aliphatic carbocycles. The van der Waals surface area contributed by atoms with Gasteiger partial charge < -0.3 is 9.64 Å². The lowest BCUT2D eigenvalue weighted by Gasteiger charge is -2.25. The molecule has 104 valence electrons. The van der Waals surface area contributed by atoms with Crippen molar-refractivity contribution in [3.63, 3.8) is 0 Å². The second-order valence-corrected chi connectivity index (χ2v) is 6.69. The van der Waals surface area contributed by atoms with Crippen molar-refractivity contribution in [2.45, 2.75) is 9.65 Å². The molecule has 5 heteroatoms. The molecule has 1 saturated heterocycles. The van der Waals surface area contributed by atoms with Gasteiger partial charge >= 0.3 is 0 Å². The lowest BCUT2D eigenvalue weighted by Crippen LogP contribution is -3.15. The number of morpholine rings is 1. The van der Waals surface area contributed by atoms with Crippen molar-refractivity contribution < 1.29 is 14.4 Å². The van der Waals surface area contributed by atoms with Crippen molar-refractivity contribution in [3.05, 3.63) is 35.9 Å². The van der Waals surface area contributed by atoms with Crippen LogP contribution in [0.15, 0.2) is 30.3 Å². The third-order valence-corrected chi connectivity index (χ3v) is 6.11. The fourth-order valence-electron chi connectivity index (χ4n) is 2.15. The zero-order chi connectivity index (χ0) is 13.7. The molecule has 1 aliphatic rings. The molecular weight excluding hydrogens is 374 g/mol. The van der Waals surface area contributed by atoms with Crippen molar-refractivity contribution >= 4 is 37.6 Å². The lowest BCUT2D eigenvalue weighted by molar-refractivity contribution is -0.900. The molecule has 0 unspecified atom stereocenters. The number of carbonyl (C=O) groups excluding carboxylic acids is 1. The number of nitrogens with one attached hydrogen (secondary N) is 1. The van der Waals surface area contributed by atoms with Crippen molar-refractivity contribution in [2.24, 2.45) is 0 Å². The minimum Gasteiger partial charge on any atom is -0.370 e. The van der Waals surface area contributed by atoms with Gasteiger partial charge in [0.25, 0.3) is 0 Å². The van der Waals surface area contributed by atoms with Crippen LogP contribution in [-0.4, -0.2) is 43.5 Å². The predicted molar refractivity (Wildman–Crippen MR) is 82.2 cm³/mol. The van der Waals surface area contributed by atoms with E-state index in [0.29, 0.717) is 6.54 Å². The third kappa shape index (κ3) is 4.38. The molecule has 1 aromatic carbocycles. The van der Waals surface area contributed by atoms with E-state index in [-0.39, 0.29) is 15.4 Å². The number of alkyl halides is 2. The predicted octanol–water partition coefficient (Wildman–Crippen LogP) is 1.37. The summed E-state index contributed by atoms with van der Waals surface area (Å²) in [5.41, 5.74) is 1.12. The minimum atomic E-state index is -0.190. The fraction of sp³-hybridized carbons (Fsp3) is 0.500. The first kappa shape index (κ1) is 15.2. The second-order valence-electron chi connectivity index (χ2n) is 4.72. The third-order valence-electron chi connectivity index (χ3n) is 3.31. The molecule has 3 nitrogen and oxygen atoms in total. The van der Waals surface area contributed by atoms with Gasteiger partial charge in [0.15, 0.2) is 0 Å². The summed E-state index contributed by atoms with van der Waals surface area (Å²) in [6.07, 6.45) is 0. The Balaban J connectivity index is 1.91. The average molecular weight is 392 g/mol. The Morgan fingerprint density at radius 1 is 1.21 bits per heavy atom. The Morgan fingerprint density at radius 2 is 1.84 bits per heavy atom. The Labute approximate surface area is 130 Å². The van der Waals surface area contributed by atoms with Gasteiger partial charge in [-0.3, -0.25) is 4.79 Å². The Morgan fingerprint density at radius 3 is 2.47 bits per heavy atom. The fourth-order valence-corrected chi connectivity index (χ4v) is 3.22. The maximum Gasteiger partial charge on any atom is 0.201 e. The highest BCUT2D eigenvalue weighted by molar-refractivity contribution is 9.12. The molecule has 19 heavy (non-hydrogen) atoms. The Kier molecular flexibility index (Phi) is 6.01. The van der Waals surface area contributed by atoms with Gasteiger partial charge in [-0.2, -0.15) is 0 Å². The number of hydrogen-bond donors (Lipinski definition) is 1. The van der Waals surface area contributed by atoms with Gasteiger partial charge in [0.05, 0.1) is 22.9 Å². The van der Waals surface area contributed by atoms with Crippen LogP contribution >= 0.6 is 31.9 Å². The van der Waals surface area contributed by atoms with Gasteiger partial charge in [-0.05, 0) is 5.56 Å². The minimum absolute atomic E-state index is 0.0154. The largest absolute Gasteiger partial charge is 0.370 e. The Hall–Kier alpha value is -0.230. The molecule has 1 aromatic rings. The van der Waals surface area contributed by atoms with E-state index in [1.807, 2.05) is 30.3 Å². The zero-order valence-electron chi connectivity index (χ0n) is 10.6. The van der Waals surface area contributed by atoms with Crippen LogP contribution < -0.4 is 4.90 Å². The van der Waals surface area contributed by atoms with E-state index < -0.39 is 0 Å². The van der Waals surface area contributed by atoms with Gasteiger partial charge in [-0.15, -0.1) is 0 Å². The van der Waals surface area contributed by atoms with E-state index >= 15 is 0 Å². The van der Waals surface area contributed by atoms with E-state index in [0.717, 1.165) is 31.9 Å². The maximum atomic E-state index is 12.3. The Bertz CT molecular complexity index is 407. The smallest absolute Gasteiger partial charge is 0.201 e. The second kappa shape index (κ2) is 7.53. The molecule has 0 aromatic heterocycles. The van der Waals surface area contributed by atoms with Gasteiger partial charge in [0, 0.05) is 0 Å². The summed E-state index contributed by atoms with van der Waals surface area (Å²) in [5, 5.41) is 0. The van der Waals surface area contributed by atoms with Gasteiger partial charge in [-0.25, -0.2) is 0 Å². The zero-order valence-corrected chi connectivity index (χ0v) is 13.8. The molecule has 1 aliphatic heterocycles. The molecule has 0 saturated carbocycles. The van der Waals surface area contributed by atoms with Crippen LogP contribution in [0.5, 0.6) is 0 Å². The SMILES string of the molecule is O=C(C[NH+]1CCOCC1)[C@H](Br)[C@@H](Br)c1ccccc1. The highest BCUT2D eigenvalue weighted by Gasteiger charge is 2.28. The van der Waals surface area contributed by atoms with E-state index in [4.69, 9.17) is 4.74 Å². The van der Waals surface area contributed by atoms with Crippen LogP contribution in [0.2, 0.25) is 0 Å². The summed E-state index contributed by atoms with van der Waals surface area (Å²) in [5.74, 6) is 0.239. The molecule has 0 radical (unpaired) electrons. The number of Topliss-reactive ketones (excluding diaryl/α,β-unsaturated/α-hetero) is 1. The highest BCUT2D eigenvalue weighted by atomic mass is 79.9. The van der Waals surface area contributed by atoms with Crippen LogP contribution in [0, 0.1) is 0 Å². The number of carbonyl (C=O) groups is 1. The molecule has 1 N–H and O–H groups in total. The summed E-state index contributed by atoms with van der Waals surface area (Å²) in [7, 11) is 0. The van der Waals surface area contributed by atoms with Gasteiger partial charge in [0.1, 0.15) is 19.6 Å². The summed E-state index contributed by atoms with van der Waals surface area (Å²) < 4.78 is 5.31. The van der Waals surface area contributed by atoms with Crippen molar-refractivity contribution in [3.8, 4) is 0 Å². The summed E-state index contributed by atoms with van der Waals surface area (Å²) in [6.45, 7) is 3.92. The van der Waals surface area contributed by atoms with E-state index in [9.17, 15) is 4.79 Å². The number of halogens is 2. The molecule has 2 atom stereocenters. The van der Waals surface area contributed by atoms with Crippen LogP contribution in [-0.2, 0) is 9.53 Å². The topological polar surface area (TPSA) is 30.7 Å². The van der Waals surface area contributed by atoms with Crippen LogP contribution in [0.25, 0.3) is 0 Å². The molecular formula is C14H18Br2NO2+. The molecule has 0 bridgehead atoms. The highest BCUT2D eigenvalue weighted by Crippen LogP contribution is 2.31. The number of ether oxygens (including phenoxy) is 1. The van der Waals surface area contributed by atoms with Crippen molar-refractivity contribution in [1.29, 1.82) is 0 Å². The number of benzene rings is 1. The van der Waals surface area contributed by atoms with E-state index in [2.05, 4.69) is 31.9 Å². The maximum absolute atomic E-state index is 12.3. The summed E-state index contributed by atoms with van der Waals surface area (Å²) in [4.78, 5) is 13.4. The summed E-state index contributed by atoms with van der Waals surface area (Å²) >= 11 is 7.15. The molecule has 0 amide bonds. The molecule has 0 spiro atoms. The van der Waals surface area contributed by atoms with Crippen LogP contribution in [0.4, 0.5) is 0 Å². The van der Waals surface area contributed by atoms with Gasteiger partial charge in [0.2, 0.25) is 5.78 Å². The molecule has 2 rings (SSSR count). The van der Waals surface area contributed by atoms with E-state index in [1.54, 1.807) is 0 Å².